The predicted octanol–water partition coefficient (Wildman–Crippen LogP) is 3.46. The van der Waals surface area contributed by atoms with Crippen molar-refractivity contribution >= 4 is 5.97 Å². The van der Waals surface area contributed by atoms with E-state index in [4.69, 9.17) is 4.74 Å². The Kier molecular flexibility index (Phi) is 4.05. The van der Waals surface area contributed by atoms with Crippen molar-refractivity contribution in [1.29, 1.82) is 0 Å². The predicted molar refractivity (Wildman–Crippen MR) is 61.5 cm³/mol. The molecule has 0 aromatic heterocycles. The van der Waals surface area contributed by atoms with E-state index in [2.05, 4.69) is 0 Å². The van der Waals surface area contributed by atoms with Gasteiger partial charge in [0.2, 0.25) is 0 Å². The minimum atomic E-state index is -0.452. The highest BCUT2D eigenvalue weighted by molar-refractivity contribution is 5.95. The molecule has 0 bridgehead atoms. The molecule has 0 heterocycles. The number of carbonyl (C=O) groups is 1. The SMILES string of the molecule is CC1=C(C(=O)OC(C)C)C(C)=C(F)CC=C1. The second-order valence-corrected chi connectivity index (χ2v) is 4.15. The minimum Gasteiger partial charge on any atom is -0.459 e. The third kappa shape index (κ3) is 2.81. The maximum absolute atomic E-state index is 13.5. The first-order chi connectivity index (χ1) is 7.43. The van der Waals surface area contributed by atoms with Crippen LogP contribution in [0.15, 0.2) is 34.7 Å². The van der Waals surface area contributed by atoms with Crippen LogP contribution < -0.4 is 0 Å². The van der Waals surface area contributed by atoms with E-state index in [-0.39, 0.29) is 18.4 Å². The average Bonchev–Trinajstić information content (AvgIpc) is 2.26. The Labute approximate surface area is 95.5 Å². The van der Waals surface area contributed by atoms with Crippen LogP contribution in [0, 0.1) is 0 Å². The van der Waals surface area contributed by atoms with Crippen molar-refractivity contribution in [3.8, 4) is 0 Å². The zero-order valence-corrected chi connectivity index (χ0v) is 10.1. The number of halogens is 1. The second-order valence-electron chi connectivity index (χ2n) is 4.15. The first-order valence-electron chi connectivity index (χ1n) is 5.37. The summed E-state index contributed by atoms with van der Waals surface area (Å²) in [4.78, 5) is 11.8. The van der Waals surface area contributed by atoms with Crippen molar-refractivity contribution in [2.45, 2.75) is 40.2 Å². The lowest BCUT2D eigenvalue weighted by atomic mass is 10.0. The molecular formula is C13H17FO2. The molecule has 3 heteroatoms. The highest BCUT2D eigenvalue weighted by atomic mass is 19.1. The molecule has 0 fully saturated rings. The van der Waals surface area contributed by atoms with E-state index < -0.39 is 5.97 Å². The fraction of sp³-hybridized carbons (Fsp3) is 0.462. The standard InChI is InChI=1S/C13H17FO2/c1-8(2)16-13(15)12-9(3)6-5-7-11(14)10(12)4/h5-6,8H,7H2,1-4H3. The summed E-state index contributed by atoms with van der Waals surface area (Å²) >= 11 is 0. The molecule has 0 aromatic carbocycles. The third-order valence-electron chi connectivity index (χ3n) is 2.39. The van der Waals surface area contributed by atoms with Crippen molar-refractivity contribution in [2.75, 3.05) is 0 Å². The molecule has 2 nitrogen and oxygen atoms in total. The van der Waals surface area contributed by atoms with E-state index in [1.54, 1.807) is 39.8 Å². The van der Waals surface area contributed by atoms with Crippen LogP contribution in [-0.2, 0) is 9.53 Å². The molecule has 0 unspecified atom stereocenters. The Morgan fingerprint density at radius 2 is 2.06 bits per heavy atom. The molecule has 0 aromatic rings. The summed E-state index contributed by atoms with van der Waals surface area (Å²) in [6.45, 7) is 6.95. The number of hydrogen-bond acceptors (Lipinski definition) is 2. The van der Waals surface area contributed by atoms with Gasteiger partial charge >= 0.3 is 5.97 Å². The number of carbonyl (C=O) groups excluding carboxylic acids is 1. The van der Waals surface area contributed by atoms with Gasteiger partial charge in [0.25, 0.3) is 0 Å². The molecule has 0 atom stereocenters. The summed E-state index contributed by atoms with van der Waals surface area (Å²) < 4.78 is 18.6. The lowest BCUT2D eigenvalue weighted by molar-refractivity contribution is -0.142. The molecule has 0 saturated heterocycles. The van der Waals surface area contributed by atoms with Gasteiger partial charge in [0, 0.05) is 6.42 Å². The Hall–Kier alpha value is -1.38. The van der Waals surface area contributed by atoms with Gasteiger partial charge in [-0.25, -0.2) is 9.18 Å². The Morgan fingerprint density at radius 3 is 2.62 bits per heavy atom. The summed E-state index contributed by atoms with van der Waals surface area (Å²) in [6, 6.07) is 0. The summed E-state index contributed by atoms with van der Waals surface area (Å²) in [6.07, 6.45) is 3.51. The first-order valence-corrected chi connectivity index (χ1v) is 5.37. The molecule has 0 spiro atoms. The quantitative estimate of drug-likeness (QED) is 0.671. The average molecular weight is 224 g/mol. The van der Waals surface area contributed by atoms with E-state index in [0.717, 1.165) is 5.57 Å². The lowest BCUT2D eigenvalue weighted by Gasteiger charge is -2.12. The van der Waals surface area contributed by atoms with Gasteiger partial charge in [0.05, 0.1) is 11.7 Å². The Morgan fingerprint density at radius 1 is 1.44 bits per heavy atom. The largest absolute Gasteiger partial charge is 0.459 e. The third-order valence-corrected chi connectivity index (χ3v) is 2.39. The van der Waals surface area contributed by atoms with Crippen molar-refractivity contribution in [2.24, 2.45) is 0 Å². The highest BCUT2D eigenvalue weighted by Gasteiger charge is 2.20. The smallest absolute Gasteiger partial charge is 0.339 e. The van der Waals surface area contributed by atoms with E-state index in [9.17, 15) is 9.18 Å². The monoisotopic (exact) mass is 224 g/mol. The summed E-state index contributed by atoms with van der Waals surface area (Å²) in [5.41, 5.74) is 1.48. The molecule has 0 saturated carbocycles. The van der Waals surface area contributed by atoms with Crippen LogP contribution in [0.5, 0.6) is 0 Å². The van der Waals surface area contributed by atoms with E-state index in [1.807, 2.05) is 0 Å². The number of allylic oxidation sites excluding steroid dienone is 4. The van der Waals surface area contributed by atoms with Gasteiger partial charge in [-0.15, -0.1) is 0 Å². The first kappa shape index (κ1) is 12.7. The molecule has 1 aliphatic rings. The molecule has 0 radical (unpaired) electrons. The number of ether oxygens (including phenoxy) is 1. The fourth-order valence-electron chi connectivity index (χ4n) is 1.59. The summed E-state index contributed by atoms with van der Waals surface area (Å²) in [7, 11) is 0. The van der Waals surface area contributed by atoms with Crippen LogP contribution >= 0.6 is 0 Å². The molecule has 0 aliphatic heterocycles. The van der Waals surface area contributed by atoms with Gasteiger partial charge in [-0.05, 0) is 38.8 Å². The minimum absolute atomic E-state index is 0.198. The van der Waals surface area contributed by atoms with E-state index in [1.165, 1.54) is 0 Å². The lowest BCUT2D eigenvalue weighted by Crippen LogP contribution is -2.15. The number of rotatable bonds is 2. The van der Waals surface area contributed by atoms with Gasteiger partial charge in [0.1, 0.15) is 5.83 Å². The zero-order valence-electron chi connectivity index (χ0n) is 10.1. The van der Waals surface area contributed by atoms with Crippen LogP contribution in [0.1, 0.15) is 34.1 Å². The van der Waals surface area contributed by atoms with Gasteiger partial charge in [0.15, 0.2) is 0 Å². The molecule has 1 aliphatic carbocycles. The van der Waals surface area contributed by atoms with Crippen molar-refractivity contribution in [1.82, 2.24) is 0 Å². The van der Waals surface area contributed by atoms with E-state index in [0.29, 0.717) is 11.1 Å². The Bertz CT molecular complexity index is 387. The maximum atomic E-state index is 13.5. The number of esters is 1. The van der Waals surface area contributed by atoms with Crippen LogP contribution in [0.3, 0.4) is 0 Å². The normalized spacial score (nSPS) is 16.9. The maximum Gasteiger partial charge on any atom is 0.339 e. The van der Waals surface area contributed by atoms with Crippen LogP contribution in [0.2, 0.25) is 0 Å². The highest BCUT2D eigenvalue weighted by Crippen LogP contribution is 2.26. The molecule has 16 heavy (non-hydrogen) atoms. The molecule has 0 amide bonds. The number of hydrogen-bond donors (Lipinski definition) is 0. The van der Waals surface area contributed by atoms with Gasteiger partial charge in [-0.1, -0.05) is 12.2 Å². The van der Waals surface area contributed by atoms with Crippen molar-refractivity contribution in [3.05, 3.63) is 34.7 Å². The molecule has 1 rings (SSSR count). The molecule has 88 valence electrons. The molecule has 0 N–H and O–H groups in total. The summed E-state index contributed by atoms with van der Waals surface area (Å²) in [5.74, 6) is -0.726. The topological polar surface area (TPSA) is 26.3 Å². The van der Waals surface area contributed by atoms with E-state index >= 15 is 0 Å². The molecular weight excluding hydrogens is 207 g/mol. The van der Waals surface area contributed by atoms with Crippen LogP contribution in [0.4, 0.5) is 4.39 Å². The van der Waals surface area contributed by atoms with Crippen LogP contribution in [-0.4, -0.2) is 12.1 Å². The van der Waals surface area contributed by atoms with Gasteiger partial charge in [-0.3, -0.25) is 0 Å². The van der Waals surface area contributed by atoms with Crippen LogP contribution in [0.25, 0.3) is 0 Å². The zero-order chi connectivity index (χ0) is 12.3. The van der Waals surface area contributed by atoms with Crippen molar-refractivity contribution < 1.29 is 13.9 Å². The fourth-order valence-corrected chi connectivity index (χ4v) is 1.59. The van der Waals surface area contributed by atoms with Crippen molar-refractivity contribution in [3.63, 3.8) is 0 Å². The van der Waals surface area contributed by atoms with Gasteiger partial charge < -0.3 is 4.74 Å². The van der Waals surface area contributed by atoms with Gasteiger partial charge in [-0.2, -0.15) is 0 Å². The summed E-state index contributed by atoms with van der Waals surface area (Å²) in [5, 5.41) is 0. The Balaban J connectivity index is 3.11. The second kappa shape index (κ2) is 5.10.